The minimum absolute atomic E-state index is 0.132. The van der Waals surface area contributed by atoms with E-state index in [1.807, 2.05) is 0 Å². The lowest BCUT2D eigenvalue weighted by atomic mass is 10.3. The smallest absolute Gasteiger partial charge is 0.280 e. The van der Waals surface area contributed by atoms with E-state index in [9.17, 15) is 17.2 Å². The van der Waals surface area contributed by atoms with Gasteiger partial charge in [0.2, 0.25) is 5.03 Å². The SMILES string of the molecule is COc1c(I)cc(C(F)F)nc1S(N)(=O)=O. The molecule has 0 amide bonds. The molecule has 0 aliphatic rings. The normalized spacial score (nSPS) is 11.9. The van der Waals surface area contributed by atoms with E-state index in [-0.39, 0.29) is 9.32 Å². The van der Waals surface area contributed by atoms with E-state index in [1.54, 1.807) is 22.6 Å². The van der Waals surface area contributed by atoms with Gasteiger partial charge >= 0.3 is 0 Å². The van der Waals surface area contributed by atoms with E-state index in [1.165, 1.54) is 7.11 Å². The van der Waals surface area contributed by atoms with Crippen molar-refractivity contribution in [2.45, 2.75) is 11.5 Å². The highest BCUT2D eigenvalue weighted by atomic mass is 127. The number of aromatic nitrogens is 1. The number of methoxy groups -OCH3 is 1. The Kier molecular flexibility index (Phi) is 4.02. The quantitative estimate of drug-likeness (QED) is 0.820. The van der Waals surface area contributed by atoms with Crippen molar-refractivity contribution in [2.75, 3.05) is 7.11 Å². The molecule has 90 valence electrons. The first kappa shape index (κ1) is 13.5. The van der Waals surface area contributed by atoms with Gasteiger partial charge in [-0.2, -0.15) is 0 Å². The number of ether oxygens (including phenoxy) is 1. The molecule has 1 rings (SSSR count). The molecule has 2 N–H and O–H groups in total. The predicted octanol–water partition coefficient (Wildman–Crippen LogP) is 1.28. The predicted molar refractivity (Wildman–Crippen MR) is 59.8 cm³/mol. The molecule has 0 bridgehead atoms. The summed E-state index contributed by atoms with van der Waals surface area (Å²) in [7, 11) is -2.99. The third-order valence-corrected chi connectivity index (χ3v) is 3.23. The summed E-state index contributed by atoms with van der Waals surface area (Å²) in [5, 5.41) is 4.17. The zero-order valence-electron chi connectivity index (χ0n) is 7.95. The summed E-state index contributed by atoms with van der Waals surface area (Å²) in [5.74, 6) is -0.132. The number of rotatable bonds is 3. The Morgan fingerprint density at radius 1 is 1.56 bits per heavy atom. The molecule has 9 heteroatoms. The van der Waals surface area contributed by atoms with Crippen molar-refractivity contribution in [1.29, 1.82) is 0 Å². The van der Waals surface area contributed by atoms with Gasteiger partial charge in [0.05, 0.1) is 10.7 Å². The Labute approximate surface area is 104 Å². The molecule has 5 nitrogen and oxygen atoms in total. The van der Waals surface area contributed by atoms with Crippen LogP contribution < -0.4 is 9.88 Å². The molecule has 0 unspecified atom stereocenters. The van der Waals surface area contributed by atoms with E-state index in [0.717, 1.165) is 6.07 Å². The molecular formula is C7H7F2IN2O3S. The summed E-state index contributed by atoms with van der Waals surface area (Å²) in [6.45, 7) is 0. The van der Waals surface area contributed by atoms with Gasteiger partial charge in [0, 0.05) is 0 Å². The van der Waals surface area contributed by atoms with Gasteiger partial charge in [0.15, 0.2) is 5.75 Å². The number of halogens is 3. The van der Waals surface area contributed by atoms with Crippen LogP contribution in [0.3, 0.4) is 0 Å². The van der Waals surface area contributed by atoms with Crippen molar-refractivity contribution in [1.82, 2.24) is 4.98 Å². The Bertz CT molecular complexity index is 507. The lowest BCUT2D eigenvalue weighted by Gasteiger charge is -2.09. The van der Waals surface area contributed by atoms with Gasteiger partial charge in [-0.1, -0.05) is 0 Å². The van der Waals surface area contributed by atoms with Gasteiger partial charge in [0.25, 0.3) is 16.4 Å². The highest BCUT2D eigenvalue weighted by molar-refractivity contribution is 14.1. The molecule has 0 fully saturated rings. The molecule has 0 saturated carbocycles. The standard InChI is InChI=1S/C7H7F2IN2O3S/c1-15-5-3(10)2-4(6(8)9)12-7(5)16(11,13)14/h2,6H,1H3,(H2,11,13,14). The summed E-state index contributed by atoms with van der Waals surface area (Å²) < 4.78 is 52.0. The molecule has 0 aliphatic heterocycles. The van der Waals surface area contributed by atoms with Crippen LogP contribution in [0.5, 0.6) is 5.75 Å². The molecular weight excluding hydrogens is 357 g/mol. The fourth-order valence-electron chi connectivity index (χ4n) is 0.987. The highest BCUT2D eigenvalue weighted by Crippen LogP contribution is 2.30. The third-order valence-electron chi connectivity index (χ3n) is 1.61. The van der Waals surface area contributed by atoms with Gasteiger partial charge in [0.1, 0.15) is 5.69 Å². The van der Waals surface area contributed by atoms with Crippen LogP contribution in [0, 0.1) is 3.57 Å². The number of hydrogen-bond donors (Lipinski definition) is 1. The van der Waals surface area contributed by atoms with Crippen LogP contribution in [0.15, 0.2) is 11.1 Å². The molecule has 1 heterocycles. The van der Waals surface area contributed by atoms with Crippen LogP contribution in [0.2, 0.25) is 0 Å². The number of alkyl halides is 2. The van der Waals surface area contributed by atoms with E-state index >= 15 is 0 Å². The zero-order valence-corrected chi connectivity index (χ0v) is 10.9. The van der Waals surface area contributed by atoms with Gasteiger partial charge in [-0.3, -0.25) is 0 Å². The van der Waals surface area contributed by atoms with Crippen LogP contribution in [-0.2, 0) is 10.0 Å². The second-order valence-corrected chi connectivity index (χ2v) is 5.35. The molecule has 1 aromatic rings. The monoisotopic (exact) mass is 364 g/mol. The molecule has 0 saturated heterocycles. The van der Waals surface area contributed by atoms with Crippen LogP contribution in [0.4, 0.5) is 8.78 Å². The fourth-order valence-corrected chi connectivity index (χ4v) is 2.65. The first-order valence-electron chi connectivity index (χ1n) is 3.82. The minimum atomic E-state index is -4.20. The molecule has 16 heavy (non-hydrogen) atoms. The molecule has 0 radical (unpaired) electrons. The molecule has 0 spiro atoms. The number of nitrogens with two attached hydrogens (primary N) is 1. The summed E-state index contributed by atoms with van der Waals surface area (Å²) in [6, 6.07) is 1.04. The van der Waals surface area contributed by atoms with Crippen molar-refractivity contribution < 1.29 is 21.9 Å². The Morgan fingerprint density at radius 3 is 2.50 bits per heavy atom. The second kappa shape index (κ2) is 4.75. The Morgan fingerprint density at radius 2 is 2.12 bits per heavy atom. The maximum atomic E-state index is 12.4. The highest BCUT2D eigenvalue weighted by Gasteiger charge is 2.23. The molecule has 1 aromatic heterocycles. The van der Waals surface area contributed by atoms with E-state index in [0.29, 0.717) is 0 Å². The number of pyridine rings is 1. The van der Waals surface area contributed by atoms with Crippen molar-refractivity contribution in [3.8, 4) is 5.75 Å². The van der Waals surface area contributed by atoms with Crippen molar-refractivity contribution in [3.63, 3.8) is 0 Å². The van der Waals surface area contributed by atoms with Gasteiger partial charge in [-0.15, -0.1) is 0 Å². The largest absolute Gasteiger partial charge is 0.493 e. The zero-order chi connectivity index (χ0) is 12.5. The summed E-state index contributed by atoms with van der Waals surface area (Å²) in [6.07, 6.45) is -2.88. The third kappa shape index (κ3) is 2.77. The number of nitrogens with zero attached hydrogens (tertiary/aromatic N) is 1. The first-order valence-corrected chi connectivity index (χ1v) is 6.45. The van der Waals surface area contributed by atoms with Gasteiger partial charge < -0.3 is 4.74 Å². The average Bonchev–Trinajstić information content (AvgIpc) is 2.14. The van der Waals surface area contributed by atoms with Gasteiger partial charge in [-0.25, -0.2) is 27.3 Å². The summed E-state index contributed by atoms with van der Waals surface area (Å²) >= 11 is 1.67. The maximum Gasteiger partial charge on any atom is 0.280 e. The fraction of sp³-hybridized carbons (Fsp3) is 0.286. The van der Waals surface area contributed by atoms with Crippen molar-refractivity contribution in [2.24, 2.45) is 5.14 Å². The molecule has 0 aliphatic carbocycles. The number of primary sulfonamides is 1. The summed E-state index contributed by atoms with van der Waals surface area (Å²) in [4.78, 5) is 3.28. The van der Waals surface area contributed by atoms with Crippen LogP contribution in [-0.4, -0.2) is 20.5 Å². The Balaban J connectivity index is 3.56. The average molecular weight is 364 g/mol. The first-order chi connectivity index (χ1) is 7.27. The number of hydrogen-bond acceptors (Lipinski definition) is 4. The summed E-state index contributed by atoms with van der Waals surface area (Å²) in [5.41, 5.74) is -0.658. The van der Waals surface area contributed by atoms with Crippen molar-refractivity contribution in [3.05, 3.63) is 15.3 Å². The van der Waals surface area contributed by atoms with Gasteiger partial charge in [-0.05, 0) is 28.7 Å². The lowest BCUT2D eigenvalue weighted by molar-refractivity contribution is 0.145. The van der Waals surface area contributed by atoms with E-state index < -0.39 is 27.2 Å². The second-order valence-electron chi connectivity index (χ2n) is 2.71. The van der Waals surface area contributed by atoms with Crippen LogP contribution in [0.25, 0.3) is 0 Å². The maximum absolute atomic E-state index is 12.4. The number of sulfonamides is 1. The van der Waals surface area contributed by atoms with E-state index in [4.69, 9.17) is 9.88 Å². The van der Waals surface area contributed by atoms with E-state index in [2.05, 4.69) is 4.98 Å². The van der Waals surface area contributed by atoms with Crippen molar-refractivity contribution >= 4 is 32.6 Å². The Hall–Kier alpha value is -0.550. The molecule has 0 atom stereocenters. The van der Waals surface area contributed by atoms with Crippen LogP contribution in [0.1, 0.15) is 12.1 Å². The lowest BCUT2D eigenvalue weighted by Crippen LogP contribution is -2.17. The topological polar surface area (TPSA) is 82.3 Å². The molecule has 0 aromatic carbocycles. The van der Waals surface area contributed by atoms with Crippen LogP contribution >= 0.6 is 22.6 Å². The minimum Gasteiger partial charge on any atom is -0.493 e.